The van der Waals surface area contributed by atoms with E-state index in [0.717, 1.165) is 44.9 Å². The summed E-state index contributed by atoms with van der Waals surface area (Å²) >= 11 is 0. The second-order valence-electron chi connectivity index (χ2n) is 9.83. The van der Waals surface area contributed by atoms with Crippen molar-refractivity contribution >= 4 is 11.8 Å². The van der Waals surface area contributed by atoms with Gasteiger partial charge in [-0.3, -0.25) is 9.59 Å². The highest BCUT2D eigenvalue weighted by molar-refractivity contribution is 5.84. The molecule has 5 nitrogen and oxygen atoms in total. The molecule has 0 aliphatic heterocycles. The number of aliphatic hydroxyl groups excluding tert-OH is 2. The Labute approximate surface area is 182 Å². The van der Waals surface area contributed by atoms with E-state index in [2.05, 4.69) is 18.6 Å². The van der Waals surface area contributed by atoms with E-state index in [0.29, 0.717) is 12.3 Å². The van der Waals surface area contributed by atoms with Gasteiger partial charge in [0.1, 0.15) is 5.78 Å². The number of rotatable bonds is 12. The molecule has 2 saturated carbocycles. The van der Waals surface area contributed by atoms with E-state index in [1.54, 1.807) is 0 Å². The zero-order valence-corrected chi connectivity index (χ0v) is 19.1. The Morgan fingerprint density at radius 2 is 2.00 bits per heavy atom. The lowest BCUT2D eigenvalue weighted by Gasteiger charge is -2.29. The molecule has 2 unspecified atom stereocenters. The number of carbonyl (C=O) groups is 2. The number of ether oxygens (including phenoxy) is 1. The van der Waals surface area contributed by atoms with Crippen molar-refractivity contribution in [3.8, 4) is 0 Å². The molecule has 2 fully saturated rings. The van der Waals surface area contributed by atoms with Crippen LogP contribution in [-0.4, -0.2) is 41.3 Å². The number of hydrogen-bond donors (Lipinski definition) is 2. The van der Waals surface area contributed by atoms with Gasteiger partial charge in [-0.15, -0.1) is 0 Å². The van der Waals surface area contributed by atoms with Gasteiger partial charge in [0.05, 0.1) is 19.3 Å². The van der Waals surface area contributed by atoms with Crippen molar-refractivity contribution in [2.24, 2.45) is 23.2 Å². The van der Waals surface area contributed by atoms with Crippen LogP contribution in [0.2, 0.25) is 0 Å². The lowest BCUT2D eigenvalue weighted by Crippen LogP contribution is -2.29. The molecule has 0 aromatic rings. The topological polar surface area (TPSA) is 83.8 Å². The highest BCUT2D eigenvalue weighted by Crippen LogP contribution is 2.46. The second-order valence-corrected chi connectivity index (χ2v) is 9.83. The van der Waals surface area contributed by atoms with Crippen LogP contribution in [-0.2, 0) is 14.3 Å². The number of esters is 1. The molecule has 2 rings (SSSR count). The molecule has 0 bridgehead atoms. The lowest BCUT2D eigenvalue weighted by atomic mass is 9.80. The Morgan fingerprint density at radius 1 is 1.27 bits per heavy atom. The quantitative estimate of drug-likeness (QED) is 0.273. The first-order chi connectivity index (χ1) is 14.3. The van der Waals surface area contributed by atoms with Crippen LogP contribution < -0.4 is 0 Å². The third kappa shape index (κ3) is 6.91. The first-order valence-corrected chi connectivity index (χ1v) is 11.9. The zero-order chi connectivity index (χ0) is 22.1. The molecule has 0 saturated heterocycles. The van der Waals surface area contributed by atoms with Gasteiger partial charge in [-0.05, 0) is 43.4 Å². The van der Waals surface area contributed by atoms with Crippen LogP contribution in [0.25, 0.3) is 0 Å². The van der Waals surface area contributed by atoms with E-state index in [1.165, 1.54) is 26.4 Å². The van der Waals surface area contributed by atoms with Gasteiger partial charge in [-0.25, -0.2) is 0 Å². The van der Waals surface area contributed by atoms with E-state index in [1.807, 2.05) is 12.2 Å². The van der Waals surface area contributed by atoms with Crippen LogP contribution in [0.15, 0.2) is 12.2 Å². The first-order valence-electron chi connectivity index (χ1n) is 11.9. The molecule has 0 aromatic carbocycles. The largest absolute Gasteiger partial charge is 0.469 e. The van der Waals surface area contributed by atoms with Crippen LogP contribution in [0.3, 0.4) is 0 Å². The molecule has 2 aliphatic carbocycles. The first kappa shape index (κ1) is 25.1. The zero-order valence-electron chi connectivity index (χ0n) is 19.1. The van der Waals surface area contributed by atoms with Gasteiger partial charge in [0, 0.05) is 24.7 Å². The summed E-state index contributed by atoms with van der Waals surface area (Å²) in [6.07, 6.45) is 13.3. The van der Waals surface area contributed by atoms with Gasteiger partial charge < -0.3 is 14.9 Å². The maximum atomic E-state index is 12.4. The highest BCUT2D eigenvalue weighted by Gasteiger charge is 2.41. The Bertz CT molecular complexity index is 586. The molecule has 5 heteroatoms. The van der Waals surface area contributed by atoms with Crippen LogP contribution >= 0.6 is 0 Å². The SMILES string of the molecule is CCCC1CCC(C)([C@H](O)C=C[C@H]2[C@H](O)CC(=O)[C@@H]2CCCCCCC(=O)OC)C1. The van der Waals surface area contributed by atoms with Gasteiger partial charge in [-0.1, -0.05) is 58.1 Å². The van der Waals surface area contributed by atoms with Gasteiger partial charge in [0.2, 0.25) is 0 Å². The molecule has 2 N–H and O–H groups in total. The van der Waals surface area contributed by atoms with Crippen molar-refractivity contribution in [1.29, 1.82) is 0 Å². The van der Waals surface area contributed by atoms with Crippen LogP contribution in [0, 0.1) is 23.2 Å². The van der Waals surface area contributed by atoms with E-state index in [9.17, 15) is 19.8 Å². The molecule has 0 heterocycles. The Kier molecular flexibility index (Phi) is 10.0. The van der Waals surface area contributed by atoms with Gasteiger partial charge >= 0.3 is 5.97 Å². The maximum absolute atomic E-state index is 12.4. The number of hydrogen-bond acceptors (Lipinski definition) is 5. The van der Waals surface area contributed by atoms with Gasteiger partial charge in [-0.2, -0.15) is 0 Å². The molecular weight excluding hydrogens is 380 g/mol. The maximum Gasteiger partial charge on any atom is 0.305 e. The third-order valence-electron chi connectivity index (χ3n) is 7.41. The second kappa shape index (κ2) is 12.0. The van der Waals surface area contributed by atoms with E-state index >= 15 is 0 Å². The van der Waals surface area contributed by atoms with Gasteiger partial charge in [0.15, 0.2) is 0 Å². The summed E-state index contributed by atoms with van der Waals surface area (Å²) in [7, 11) is 1.40. The Hall–Kier alpha value is -1.20. The molecule has 172 valence electrons. The number of unbranched alkanes of at least 4 members (excludes halogenated alkanes) is 3. The molecule has 0 spiro atoms. The summed E-state index contributed by atoms with van der Waals surface area (Å²) in [6, 6.07) is 0. The molecular formula is C25H42O5. The lowest BCUT2D eigenvalue weighted by molar-refractivity contribution is -0.140. The number of aliphatic hydroxyl groups is 2. The highest BCUT2D eigenvalue weighted by atomic mass is 16.5. The van der Waals surface area contributed by atoms with Crippen molar-refractivity contribution in [3.05, 3.63) is 12.2 Å². The summed E-state index contributed by atoms with van der Waals surface area (Å²) in [5, 5.41) is 21.2. The van der Waals surface area contributed by atoms with Crippen LogP contribution in [0.4, 0.5) is 0 Å². The molecule has 0 radical (unpaired) electrons. The van der Waals surface area contributed by atoms with E-state index < -0.39 is 12.2 Å². The molecule has 2 aliphatic rings. The monoisotopic (exact) mass is 422 g/mol. The predicted molar refractivity (Wildman–Crippen MR) is 118 cm³/mol. The normalized spacial score (nSPS) is 32.8. The summed E-state index contributed by atoms with van der Waals surface area (Å²) in [5.41, 5.74) is -0.0982. The summed E-state index contributed by atoms with van der Waals surface area (Å²) in [6.45, 7) is 4.38. The molecule has 30 heavy (non-hydrogen) atoms. The summed E-state index contributed by atoms with van der Waals surface area (Å²) in [4.78, 5) is 23.6. The third-order valence-corrected chi connectivity index (χ3v) is 7.41. The van der Waals surface area contributed by atoms with E-state index in [-0.39, 0.29) is 35.4 Å². The number of ketones is 1. The van der Waals surface area contributed by atoms with Crippen molar-refractivity contribution < 1.29 is 24.5 Å². The fourth-order valence-electron chi connectivity index (χ4n) is 5.47. The minimum atomic E-state index is -0.644. The fraction of sp³-hybridized carbons (Fsp3) is 0.840. The summed E-state index contributed by atoms with van der Waals surface area (Å²) < 4.78 is 4.65. The van der Waals surface area contributed by atoms with Crippen molar-refractivity contribution in [3.63, 3.8) is 0 Å². The molecule has 6 atom stereocenters. The number of Topliss-reactive ketones (excluding diaryl/α,β-unsaturated/α-hetero) is 1. The van der Waals surface area contributed by atoms with Crippen molar-refractivity contribution in [2.75, 3.05) is 7.11 Å². The number of carbonyl (C=O) groups excluding carboxylic acids is 2. The van der Waals surface area contributed by atoms with Crippen molar-refractivity contribution in [2.45, 2.75) is 103 Å². The fourth-order valence-corrected chi connectivity index (χ4v) is 5.47. The Balaban J connectivity index is 1.83. The van der Waals surface area contributed by atoms with Crippen molar-refractivity contribution in [1.82, 2.24) is 0 Å². The standard InChI is InChI=1S/C25H42O5/c1-4-9-18-14-15-25(2,17-18)23(28)13-12-20-19(21(26)16-22(20)27)10-7-5-6-8-11-24(29)30-3/h12-13,18-20,22-23,27-28H,4-11,14-17H2,1-3H3/t18?,19-,20-,22-,23-,25?/m1/s1. The number of methoxy groups -OCH3 is 1. The van der Waals surface area contributed by atoms with Crippen LogP contribution in [0.5, 0.6) is 0 Å². The van der Waals surface area contributed by atoms with Gasteiger partial charge in [0.25, 0.3) is 0 Å². The average Bonchev–Trinajstić information content (AvgIpc) is 3.22. The van der Waals surface area contributed by atoms with E-state index in [4.69, 9.17) is 0 Å². The summed E-state index contributed by atoms with van der Waals surface area (Å²) in [5.74, 6) is 0.307. The Morgan fingerprint density at radius 3 is 2.70 bits per heavy atom. The minimum Gasteiger partial charge on any atom is -0.469 e. The minimum absolute atomic E-state index is 0.0982. The smallest absolute Gasteiger partial charge is 0.305 e. The molecule has 0 amide bonds. The predicted octanol–water partition coefficient (Wildman–Crippen LogP) is 4.59. The molecule has 0 aromatic heterocycles. The average molecular weight is 423 g/mol. The van der Waals surface area contributed by atoms with Crippen LogP contribution in [0.1, 0.15) is 90.9 Å².